The van der Waals surface area contributed by atoms with Crippen LogP contribution in [0.15, 0.2) is 65.5 Å². The van der Waals surface area contributed by atoms with Crippen LogP contribution in [0.5, 0.6) is 0 Å². The quantitative estimate of drug-likeness (QED) is 0.618. The van der Waals surface area contributed by atoms with E-state index in [9.17, 15) is 9.59 Å². The Balaban J connectivity index is 1.76. The number of ether oxygens (including phenoxy) is 1. The lowest BCUT2D eigenvalue weighted by Crippen LogP contribution is -2.43. The molecule has 160 valence electrons. The van der Waals surface area contributed by atoms with Crippen LogP contribution < -0.4 is 5.56 Å². The van der Waals surface area contributed by atoms with Crippen LogP contribution in [0.1, 0.15) is 41.2 Å². The van der Waals surface area contributed by atoms with Crippen molar-refractivity contribution in [3.8, 4) is 0 Å². The highest BCUT2D eigenvalue weighted by atomic mass is 16.5. The third-order valence-electron chi connectivity index (χ3n) is 5.71. The third kappa shape index (κ3) is 4.30. The fourth-order valence-corrected chi connectivity index (χ4v) is 4.18. The third-order valence-corrected chi connectivity index (χ3v) is 5.71. The number of nitrogens with zero attached hydrogens (tertiary/aromatic N) is 3. The van der Waals surface area contributed by atoms with Crippen LogP contribution in [0.25, 0.3) is 0 Å². The molecule has 6 nitrogen and oxygen atoms in total. The molecule has 1 aromatic heterocycles. The summed E-state index contributed by atoms with van der Waals surface area (Å²) in [6, 6.07) is 19.8. The van der Waals surface area contributed by atoms with Gasteiger partial charge in [-0.3, -0.25) is 14.2 Å². The number of fused-ring (bicyclic) bond motifs is 1. The van der Waals surface area contributed by atoms with Gasteiger partial charge in [-0.2, -0.15) is 0 Å². The maximum Gasteiger partial charge on any atom is 0.257 e. The number of amides is 1. The zero-order valence-electron chi connectivity index (χ0n) is 18.0. The van der Waals surface area contributed by atoms with E-state index >= 15 is 0 Å². The molecule has 1 aliphatic rings. The molecule has 0 N–H and O–H groups in total. The average molecular weight is 418 g/mol. The highest BCUT2D eigenvalue weighted by molar-refractivity contribution is 5.77. The first-order chi connectivity index (χ1) is 15.1. The summed E-state index contributed by atoms with van der Waals surface area (Å²) in [7, 11) is 0. The van der Waals surface area contributed by atoms with Gasteiger partial charge < -0.3 is 9.64 Å². The minimum absolute atomic E-state index is 0.0305. The first-order valence-corrected chi connectivity index (χ1v) is 10.7. The number of carbonyl (C=O) groups is 1. The van der Waals surface area contributed by atoms with Gasteiger partial charge in [0.15, 0.2) is 0 Å². The molecule has 1 aliphatic heterocycles. The molecule has 0 unspecified atom stereocenters. The number of rotatable bonds is 6. The molecule has 0 saturated carbocycles. The molecule has 0 saturated heterocycles. The molecule has 3 aromatic rings. The lowest BCUT2D eigenvalue weighted by Gasteiger charge is -2.30. The van der Waals surface area contributed by atoms with Gasteiger partial charge in [0, 0.05) is 18.7 Å². The smallest absolute Gasteiger partial charge is 0.257 e. The molecule has 0 atom stereocenters. The Bertz CT molecular complexity index is 1070. The number of aryl methyl sites for hydroxylation is 1. The summed E-state index contributed by atoms with van der Waals surface area (Å²) in [4.78, 5) is 32.5. The molecule has 6 heteroatoms. The second-order valence-corrected chi connectivity index (χ2v) is 7.69. The normalized spacial score (nSPS) is 13.3. The summed E-state index contributed by atoms with van der Waals surface area (Å²) in [6.45, 7) is 5.13. The van der Waals surface area contributed by atoms with Crippen molar-refractivity contribution in [2.24, 2.45) is 0 Å². The fraction of sp³-hybridized carbons (Fsp3) is 0.320. The molecular weight excluding hydrogens is 390 g/mol. The monoisotopic (exact) mass is 417 g/mol. The van der Waals surface area contributed by atoms with E-state index in [4.69, 9.17) is 9.72 Å². The lowest BCUT2D eigenvalue weighted by atomic mass is 9.97. The Morgan fingerprint density at radius 3 is 2.26 bits per heavy atom. The Morgan fingerprint density at radius 2 is 1.68 bits per heavy atom. The van der Waals surface area contributed by atoms with E-state index < -0.39 is 0 Å². The number of hydrogen-bond acceptors (Lipinski definition) is 4. The number of aromatic nitrogens is 2. The molecule has 2 heterocycles. The van der Waals surface area contributed by atoms with Crippen LogP contribution in [0.4, 0.5) is 0 Å². The van der Waals surface area contributed by atoms with E-state index in [1.54, 1.807) is 9.47 Å². The Morgan fingerprint density at radius 1 is 1.06 bits per heavy atom. The van der Waals surface area contributed by atoms with E-state index in [2.05, 4.69) is 0 Å². The van der Waals surface area contributed by atoms with Crippen LogP contribution in [0.2, 0.25) is 0 Å². The zero-order chi connectivity index (χ0) is 21.8. The standard InChI is InChI=1S/C25H27N3O3/c1-3-31-17-23(29)27-15-14-21-22(16-27)26-18(2)28(25(21)30)24(19-10-6-4-7-11-19)20-12-8-5-9-13-20/h4-13,24H,3,14-17H2,1-2H3. The van der Waals surface area contributed by atoms with Gasteiger partial charge in [0.2, 0.25) is 5.91 Å². The number of hydrogen-bond donors (Lipinski definition) is 0. The van der Waals surface area contributed by atoms with Crippen molar-refractivity contribution in [3.63, 3.8) is 0 Å². The van der Waals surface area contributed by atoms with Gasteiger partial charge >= 0.3 is 0 Å². The van der Waals surface area contributed by atoms with Crippen LogP contribution >= 0.6 is 0 Å². The summed E-state index contributed by atoms with van der Waals surface area (Å²) in [5.74, 6) is 0.572. The maximum atomic E-state index is 13.7. The predicted octanol–water partition coefficient (Wildman–Crippen LogP) is 3.11. The zero-order valence-corrected chi connectivity index (χ0v) is 18.0. The van der Waals surface area contributed by atoms with Crippen molar-refractivity contribution in [3.05, 3.63) is 99.2 Å². The molecule has 1 amide bonds. The summed E-state index contributed by atoms with van der Waals surface area (Å²) in [5.41, 5.74) is 3.42. The second-order valence-electron chi connectivity index (χ2n) is 7.69. The first kappa shape index (κ1) is 21.0. The maximum absolute atomic E-state index is 13.7. The summed E-state index contributed by atoms with van der Waals surface area (Å²) in [5, 5.41) is 0. The van der Waals surface area contributed by atoms with Crippen molar-refractivity contribution in [2.45, 2.75) is 32.9 Å². The average Bonchev–Trinajstić information content (AvgIpc) is 2.81. The summed E-state index contributed by atoms with van der Waals surface area (Å²) >= 11 is 0. The van der Waals surface area contributed by atoms with Crippen molar-refractivity contribution in [2.75, 3.05) is 19.8 Å². The molecule has 4 rings (SSSR count). The van der Waals surface area contributed by atoms with Gasteiger partial charge in [-0.1, -0.05) is 60.7 Å². The Kier molecular flexibility index (Phi) is 6.28. The van der Waals surface area contributed by atoms with Gasteiger partial charge in [0.05, 0.1) is 18.3 Å². The Labute approximate surface area is 182 Å². The van der Waals surface area contributed by atoms with E-state index in [-0.39, 0.29) is 24.1 Å². The van der Waals surface area contributed by atoms with E-state index in [1.165, 1.54) is 0 Å². The molecule has 31 heavy (non-hydrogen) atoms. The van der Waals surface area contributed by atoms with E-state index in [0.717, 1.165) is 11.1 Å². The largest absolute Gasteiger partial charge is 0.372 e. The van der Waals surface area contributed by atoms with Crippen LogP contribution in [-0.2, 0) is 22.5 Å². The molecule has 0 fully saturated rings. The predicted molar refractivity (Wildman–Crippen MR) is 119 cm³/mol. The fourth-order valence-electron chi connectivity index (χ4n) is 4.18. The molecule has 0 aliphatic carbocycles. The van der Waals surface area contributed by atoms with Gasteiger partial charge in [0.25, 0.3) is 5.56 Å². The summed E-state index contributed by atoms with van der Waals surface area (Å²) < 4.78 is 7.05. The topological polar surface area (TPSA) is 64.4 Å². The molecule has 0 bridgehead atoms. The molecule has 2 aromatic carbocycles. The van der Waals surface area contributed by atoms with Crippen molar-refractivity contribution >= 4 is 5.91 Å². The molecule has 0 spiro atoms. The summed E-state index contributed by atoms with van der Waals surface area (Å²) in [6.07, 6.45) is 0.496. The molecular formula is C25H27N3O3. The van der Waals surface area contributed by atoms with Gasteiger partial charge in [-0.05, 0) is 31.4 Å². The van der Waals surface area contributed by atoms with Crippen LogP contribution in [-0.4, -0.2) is 40.1 Å². The van der Waals surface area contributed by atoms with E-state index in [0.29, 0.717) is 43.2 Å². The lowest BCUT2D eigenvalue weighted by molar-refractivity contribution is -0.137. The first-order valence-electron chi connectivity index (χ1n) is 10.7. The van der Waals surface area contributed by atoms with Crippen LogP contribution in [0, 0.1) is 6.92 Å². The van der Waals surface area contributed by atoms with Crippen LogP contribution in [0.3, 0.4) is 0 Å². The van der Waals surface area contributed by atoms with Crippen molar-refractivity contribution in [1.29, 1.82) is 0 Å². The second kappa shape index (κ2) is 9.27. The van der Waals surface area contributed by atoms with Gasteiger partial charge in [0.1, 0.15) is 12.4 Å². The molecule has 0 radical (unpaired) electrons. The number of carbonyl (C=O) groups excluding carboxylic acids is 1. The van der Waals surface area contributed by atoms with Crippen molar-refractivity contribution in [1.82, 2.24) is 14.5 Å². The van der Waals surface area contributed by atoms with Gasteiger partial charge in [-0.15, -0.1) is 0 Å². The Hall–Kier alpha value is -3.25. The highest BCUT2D eigenvalue weighted by Gasteiger charge is 2.28. The minimum Gasteiger partial charge on any atom is -0.372 e. The van der Waals surface area contributed by atoms with Gasteiger partial charge in [-0.25, -0.2) is 4.98 Å². The van der Waals surface area contributed by atoms with Crippen molar-refractivity contribution < 1.29 is 9.53 Å². The number of benzene rings is 2. The SMILES string of the molecule is CCOCC(=O)N1CCc2c(nc(C)n(C(c3ccccc3)c3ccccc3)c2=O)C1. The minimum atomic E-state index is -0.259. The highest BCUT2D eigenvalue weighted by Crippen LogP contribution is 2.27. The van der Waals surface area contributed by atoms with E-state index in [1.807, 2.05) is 74.5 Å².